The molecule has 0 saturated carbocycles. The number of hydrogen-bond donors (Lipinski definition) is 1. The Morgan fingerprint density at radius 2 is 1.82 bits per heavy atom. The summed E-state index contributed by atoms with van der Waals surface area (Å²) in [5.74, 6) is 0.0651. The monoisotopic (exact) mass is 374 g/mol. The van der Waals surface area contributed by atoms with Gasteiger partial charge < -0.3 is 14.8 Å². The third kappa shape index (κ3) is 3.96. The fraction of sp³-hybridized carbons (Fsp3) is 0.227. The van der Waals surface area contributed by atoms with Gasteiger partial charge in [-0.3, -0.25) is 14.6 Å². The van der Waals surface area contributed by atoms with Gasteiger partial charge in [-0.1, -0.05) is 24.3 Å². The van der Waals surface area contributed by atoms with Gasteiger partial charge in [0, 0.05) is 61.7 Å². The fourth-order valence-electron chi connectivity index (χ4n) is 3.48. The molecule has 1 aromatic carbocycles. The molecule has 0 radical (unpaired) electrons. The van der Waals surface area contributed by atoms with E-state index in [2.05, 4.69) is 9.97 Å². The Balaban J connectivity index is 1.31. The molecule has 1 saturated heterocycles. The van der Waals surface area contributed by atoms with Crippen molar-refractivity contribution in [2.45, 2.75) is 6.42 Å². The van der Waals surface area contributed by atoms with Gasteiger partial charge in [-0.25, -0.2) is 0 Å². The molecule has 3 aromatic rings. The molecule has 2 aromatic heterocycles. The van der Waals surface area contributed by atoms with E-state index in [9.17, 15) is 9.59 Å². The summed E-state index contributed by atoms with van der Waals surface area (Å²) in [6.07, 6.45) is 9.03. The number of hydrogen-bond acceptors (Lipinski definition) is 3. The predicted octanol–water partition coefficient (Wildman–Crippen LogP) is 2.49. The van der Waals surface area contributed by atoms with Crippen molar-refractivity contribution in [1.82, 2.24) is 19.8 Å². The van der Waals surface area contributed by atoms with Crippen molar-refractivity contribution >= 4 is 28.8 Å². The molecule has 2 amide bonds. The molecule has 3 heterocycles. The Bertz CT molecular complexity index is 1000. The maximum atomic E-state index is 12.7. The van der Waals surface area contributed by atoms with Crippen LogP contribution in [0.2, 0.25) is 0 Å². The molecular formula is C22H22N4O2. The Labute approximate surface area is 163 Å². The number of benzene rings is 1. The number of carbonyl (C=O) groups is 2. The van der Waals surface area contributed by atoms with Crippen LogP contribution >= 0.6 is 0 Å². The van der Waals surface area contributed by atoms with Crippen LogP contribution in [0, 0.1) is 0 Å². The Hall–Kier alpha value is -3.41. The van der Waals surface area contributed by atoms with Crippen LogP contribution in [0.15, 0.2) is 61.1 Å². The average Bonchev–Trinajstić information content (AvgIpc) is 3.16. The number of nitrogens with zero attached hydrogens (tertiary/aromatic N) is 3. The lowest BCUT2D eigenvalue weighted by Crippen LogP contribution is -2.50. The largest absolute Gasteiger partial charge is 0.361 e. The lowest BCUT2D eigenvalue weighted by atomic mass is 10.1. The minimum atomic E-state index is -0.0346. The Morgan fingerprint density at radius 3 is 2.61 bits per heavy atom. The normalized spacial score (nSPS) is 14.7. The standard InChI is InChI=1S/C22H22N4O2/c27-21(8-7-17-4-3-9-23-15-17)25-10-12-26(13-11-25)22(28)14-18-16-24-20-6-2-1-5-19(18)20/h1-9,15-16,24H,10-14H2/b8-7+. The SMILES string of the molecule is O=C(/C=C/c1cccnc1)N1CCN(C(=O)Cc2c[nH]c3ccccc23)CC1. The zero-order valence-corrected chi connectivity index (χ0v) is 15.5. The van der Waals surface area contributed by atoms with Crippen molar-refractivity contribution in [3.05, 3.63) is 72.2 Å². The van der Waals surface area contributed by atoms with Crippen LogP contribution in [0.4, 0.5) is 0 Å². The van der Waals surface area contributed by atoms with Gasteiger partial charge in [0.05, 0.1) is 6.42 Å². The second kappa shape index (κ2) is 8.08. The third-order valence-corrected chi connectivity index (χ3v) is 5.06. The number of nitrogens with one attached hydrogen (secondary N) is 1. The number of aromatic nitrogens is 2. The Kier molecular flexibility index (Phi) is 5.19. The minimum absolute atomic E-state index is 0.0346. The van der Waals surface area contributed by atoms with Crippen LogP contribution in [0.25, 0.3) is 17.0 Å². The van der Waals surface area contributed by atoms with Crippen LogP contribution in [0.1, 0.15) is 11.1 Å². The number of para-hydroxylation sites is 1. The van der Waals surface area contributed by atoms with E-state index in [1.54, 1.807) is 29.4 Å². The highest BCUT2D eigenvalue weighted by Gasteiger charge is 2.23. The van der Waals surface area contributed by atoms with E-state index >= 15 is 0 Å². The minimum Gasteiger partial charge on any atom is -0.361 e. The van der Waals surface area contributed by atoms with Crippen LogP contribution in [0.3, 0.4) is 0 Å². The van der Waals surface area contributed by atoms with Crippen molar-refractivity contribution < 1.29 is 9.59 Å². The molecule has 28 heavy (non-hydrogen) atoms. The van der Waals surface area contributed by atoms with Gasteiger partial charge in [0.15, 0.2) is 0 Å². The molecule has 1 aliphatic rings. The van der Waals surface area contributed by atoms with Crippen LogP contribution < -0.4 is 0 Å². The van der Waals surface area contributed by atoms with E-state index in [0.717, 1.165) is 22.0 Å². The summed E-state index contributed by atoms with van der Waals surface area (Å²) in [6.45, 7) is 2.23. The second-order valence-electron chi connectivity index (χ2n) is 6.86. The highest BCUT2D eigenvalue weighted by atomic mass is 16.2. The first kappa shape index (κ1) is 18.0. The molecular weight excluding hydrogens is 352 g/mol. The molecule has 1 aliphatic heterocycles. The summed E-state index contributed by atoms with van der Waals surface area (Å²) in [5.41, 5.74) is 2.95. The van der Waals surface area contributed by atoms with Crippen LogP contribution in [0.5, 0.6) is 0 Å². The van der Waals surface area contributed by atoms with Gasteiger partial charge in [0.1, 0.15) is 0 Å². The second-order valence-corrected chi connectivity index (χ2v) is 6.86. The van der Waals surface area contributed by atoms with Crippen LogP contribution in [-0.4, -0.2) is 57.8 Å². The van der Waals surface area contributed by atoms with E-state index in [0.29, 0.717) is 32.6 Å². The summed E-state index contributed by atoms with van der Waals surface area (Å²) in [7, 11) is 0. The van der Waals surface area contributed by atoms with Crippen molar-refractivity contribution in [3.8, 4) is 0 Å². The van der Waals surface area contributed by atoms with Gasteiger partial charge in [0.25, 0.3) is 0 Å². The zero-order valence-electron chi connectivity index (χ0n) is 15.5. The van der Waals surface area contributed by atoms with Crippen molar-refractivity contribution in [3.63, 3.8) is 0 Å². The molecule has 1 fully saturated rings. The first-order valence-electron chi connectivity index (χ1n) is 9.40. The number of rotatable bonds is 4. The van der Waals surface area contributed by atoms with E-state index in [4.69, 9.17) is 0 Å². The number of pyridine rings is 1. The van der Waals surface area contributed by atoms with Gasteiger partial charge in [0.2, 0.25) is 11.8 Å². The molecule has 142 valence electrons. The number of fused-ring (bicyclic) bond motifs is 1. The summed E-state index contributed by atoms with van der Waals surface area (Å²) in [4.78, 5) is 35.9. The highest BCUT2D eigenvalue weighted by Crippen LogP contribution is 2.19. The molecule has 0 bridgehead atoms. The topological polar surface area (TPSA) is 69.3 Å². The van der Waals surface area contributed by atoms with Crippen molar-refractivity contribution in [2.75, 3.05) is 26.2 Å². The smallest absolute Gasteiger partial charge is 0.246 e. The molecule has 0 spiro atoms. The number of amides is 2. The maximum Gasteiger partial charge on any atom is 0.246 e. The van der Waals surface area contributed by atoms with Gasteiger partial charge in [-0.05, 0) is 29.3 Å². The zero-order chi connectivity index (χ0) is 19.3. The molecule has 4 rings (SSSR count). The van der Waals surface area contributed by atoms with E-state index in [1.165, 1.54) is 0 Å². The van der Waals surface area contributed by atoms with E-state index < -0.39 is 0 Å². The van der Waals surface area contributed by atoms with Crippen LogP contribution in [-0.2, 0) is 16.0 Å². The summed E-state index contributed by atoms with van der Waals surface area (Å²) in [6, 6.07) is 11.7. The van der Waals surface area contributed by atoms with E-state index in [1.807, 2.05) is 47.5 Å². The third-order valence-electron chi connectivity index (χ3n) is 5.06. The molecule has 1 N–H and O–H groups in total. The summed E-state index contributed by atoms with van der Waals surface area (Å²) < 4.78 is 0. The average molecular weight is 374 g/mol. The molecule has 0 atom stereocenters. The lowest BCUT2D eigenvalue weighted by Gasteiger charge is -2.34. The first-order valence-corrected chi connectivity index (χ1v) is 9.40. The number of piperazine rings is 1. The molecule has 0 unspecified atom stereocenters. The summed E-state index contributed by atoms with van der Waals surface area (Å²) in [5, 5.41) is 1.09. The summed E-state index contributed by atoms with van der Waals surface area (Å²) >= 11 is 0. The predicted molar refractivity (Wildman–Crippen MR) is 108 cm³/mol. The maximum absolute atomic E-state index is 12.7. The number of H-pyrrole nitrogens is 1. The fourth-order valence-corrected chi connectivity index (χ4v) is 3.48. The number of carbonyl (C=O) groups excluding carboxylic acids is 2. The van der Waals surface area contributed by atoms with Gasteiger partial charge in [-0.15, -0.1) is 0 Å². The quantitative estimate of drug-likeness (QED) is 0.714. The van der Waals surface area contributed by atoms with Gasteiger partial charge in [-0.2, -0.15) is 0 Å². The van der Waals surface area contributed by atoms with Crippen molar-refractivity contribution in [1.29, 1.82) is 0 Å². The Morgan fingerprint density at radius 1 is 1.04 bits per heavy atom. The molecule has 0 aliphatic carbocycles. The van der Waals surface area contributed by atoms with Crippen molar-refractivity contribution in [2.24, 2.45) is 0 Å². The lowest BCUT2D eigenvalue weighted by molar-refractivity contribution is -0.136. The molecule has 6 heteroatoms. The highest BCUT2D eigenvalue weighted by molar-refractivity contribution is 5.92. The molecule has 6 nitrogen and oxygen atoms in total. The van der Waals surface area contributed by atoms with E-state index in [-0.39, 0.29) is 11.8 Å². The first-order chi connectivity index (χ1) is 13.7. The number of aromatic amines is 1. The van der Waals surface area contributed by atoms with Gasteiger partial charge >= 0.3 is 0 Å².